The van der Waals surface area contributed by atoms with E-state index in [0.29, 0.717) is 0 Å². The van der Waals surface area contributed by atoms with Gasteiger partial charge in [0, 0.05) is 0 Å². The van der Waals surface area contributed by atoms with Gasteiger partial charge in [0.05, 0.1) is 19.3 Å². The highest BCUT2D eigenvalue weighted by Crippen LogP contribution is 2.25. The molecular formula is C13H26O10. The zero-order chi connectivity index (χ0) is 17.7. The lowest BCUT2D eigenvalue weighted by atomic mass is 9.98. The van der Waals surface area contributed by atoms with Crippen LogP contribution in [0.3, 0.4) is 0 Å². The maximum atomic E-state index is 9.99. The van der Waals surface area contributed by atoms with Crippen LogP contribution < -0.4 is 0 Å². The highest BCUT2D eigenvalue weighted by atomic mass is 16.7. The van der Waals surface area contributed by atoms with Crippen molar-refractivity contribution in [3.63, 3.8) is 0 Å². The molecule has 0 spiro atoms. The molecule has 10 heteroatoms. The van der Waals surface area contributed by atoms with Gasteiger partial charge in [-0.25, -0.2) is 0 Å². The first-order chi connectivity index (χ1) is 10.8. The van der Waals surface area contributed by atoms with E-state index in [1.54, 1.807) is 6.92 Å². The molecule has 138 valence electrons. The van der Waals surface area contributed by atoms with Crippen molar-refractivity contribution in [1.82, 2.24) is 0 Å². The van der Waals surface area contributed by atoms with Gasteiger partial charge >= 0.3 is 0 Å². The van der Waals surface area contributed by atoms with Gasteiger partial charge in [0.15, 0.2) is 6.29 Å². The average Bonchev–Trinajstić information content (AvgIpc) is 2.57. The number of rotatable bonds is 8. The van der Waals surface area contributed by atoms with Crippen molar-refractivity contribution < 1.29 is 50.3 Å². The first-order valence-electron chi connectivity index (χ1n) is 7.39. The molecule has 0 saturated carbocycles. The summed E-state index contributed by atoms with van der Waals surface area (Å²) in [6.45, 7) is 0.109. The van der Waals surface area contributed by atoms with Crippen LogP contribution >= 0.6 is 0 Å². The standard InChI is InChI=1S/C13H26O10/c1-2-5(16)8(18)12(6(17)3-14)23-13-11(21)10(20)9(19)7(4-15)22-13/h5-21H,2-4H2,1H3/t5?,6?,7?,8-,9-,10+,11?,12-,13+/m1/s1. The number of hydrogen-bond acceptors (Lipinski definition) is 10. The van der Waals surface area contributed by atoms with Crippen molar-refractivity contribution in [3.05, 3.63) is 0 Å². The molecule has 0 aromatic heterocycles. The summed E-state index contributed by atoms with van der Waals surface area (Å²) in [6.07, 6.45) is -13.7. The summed E-state index contributed by atoms with van der Waals surface area (Å²) < 4.78 is 10.3. The molecule has 1 heterocycles. The quantitative estimate of drug-likeness (QED) is 0.215. The molecule has 8 N–H and O–H groups in total. The molecule has 1 aliphatic heterocycles. The molecule has 10 nitrogen and oxygen atoms in total. The molecule has 1 saturated heterocycles. The van der Waals surface area contributed by atoms with E-state index in [4.69, 9.17) is 19.7 Å². The summed E-state index contributed by atoms with van der Waals surface area (Å²) >= 11 is 0. The maximum Gasteiger partial charge on any atom is 0.187 e. The Hall–Kier alpha value is -0.400. The fourth-order valence-corrected chi connectivity index (χ4v) is 2.30. The Morgan fingerprint density at radius 2 is 1.57 bits per heavy atom. The fraction of sp³-hybridized carbons (Fsp3) is 1.00. The third kappa shape index (κ3) is 4.79. The summed E-state index contributed by atoms with van der Waals surface area (Å²) in [5.74, 6) is 0. The van der Waals surface area contributed by atoms with E-state index in [0.717, 1.165) is 0 Å². The fourth-order valence-electron chi connectivity index (χ4n) is 2.30. The molecule has 9 atom stereocenters. The van der Waals surface area contributed by atoms with Gasteiger partial charge in [0.2, 0.25) is 0 Å². The lowest BCUT2D eigenvalue weighted by molar-refractivity contribution is -0.327. The second-order valence-electron chi connectivity index (χ2n) is 5.51. The van der Waals surface area contributed by atoms with Gasteiger partial charge in [-0.3, -0.25) is 0 Å². The Morgan fingerprint density at radius 3 is 2.04 bits per heavy atom. The Morgan fingerprint density at radius 1 is 0.957 bits per heavy atom. The smallest absolute Gasteiger partial charge is 0.187 e. The summed E-state index contributed by atoms with van der Waals surface area (Å²) in [7, 11) is 0. The molecular weight excluding hydrogens is 316 g/mol. The Bertz CT molecular complexity index is 341. The van der Waals surface area contributed by atoms with Gasteiger partial charge in [-0.15, -0.1) is 0 Å². The molecule has 0 amide bonds. The lowest BCUT2D eigenvalue weighted by Gasteiger charge is -2.42. The number of aliphatic hydroxyl groups excluding tert-OH is 8. The lowest BCUT2D eigenvalue weighted by Crippen LogP contribution is -2.61. The van der Waals surface area contributed by atoms with E-state index in [1.807, 2.05) is 0 Å². The van der Waals surface area contributed by atoms with Crippen LogP contribution in [0.1, 0.15) is 13.3 Å². The first-order valence-corrected chi connectivity index (χ1v) is 7.39. The first kappa shape index (κ1) is 20.6. The zero-order valence-corrected chi connectivity index (χ0v) is 12.7. The van der Waals surface area contributed by atoms with Gasteiger partial charge in [-0.1, -0.05) is 6.92 Å². The van der Waals surface area contributed by atoms with Crippen LogP contribution in [0.25, 0.3) is 0 Å². The van der Waals surface area contributed by atoms with Crippen molar-refractivity contribution in [3.8, 4) is 0 Å². The predicted molar refractivity (Wildman–Crippen MR) is 74.0 cm³/mol. The third-order valence-corrected chi connectivity index (χ3v) is 3.86. The molecule has 0 radical (unpaired) electrons. The largest absolute Gasteiger partial charge is 0.394 e. The van der Waals surface area contributed by atoms with Gasteiger partial charge in [-0.2, -0.15) is 0 Å². The van der Waals surface area contributed by atoms with Crippen LogP contribution in [0.4, 0.5) is 0 Å². The molecule has 1 fully saturated rings. The van der Waals surface area contributed by atoms with Crippen molar-refractivity contribution in [2.75, 3.05) is 13.2 Å². The van der Waals surface area contributed by atoms with E-state index < -0.39 is 68.3 Å². The van der Waals surface area contributed by atoms with Crippen LogP contribution in [-0.4, -0.2) is 109 Å². The van der Waals surface area contributed by atoms with Crippen molar-refractivity contribution in [2.45, 2.75) is 68.5 Å². The topological polar surface area (TPSA) is 180 Å². The number of ether oxygens (including phenoxy) is 2. The van der Waals surface area contributed by atoms with Crippen molar-refractivity contribution in [1.29, 1.82) is 0 Å². The maximum absolute atomic E-state index is 9.99. The van der Waals surface area contributed by atoms with E-state index >= 15 is 0 Å². The minimum atomic E-state index is -1.73. The van der Waals surface area contributed by atoms with E-state index in [2.05, 4.69) is 0 Å². The zero-order valence-electron chi connectivity index (χ0n) is 12.7. The van der Waals surface area contributed by atoms with Crippen molar-refractivity contribution in [2.24, 2.45) is 0 Å². The van der Waals surface area contributed by atoms with Crippen LogP contribution in [0.2, 0.25) is 0 Å². The summed E-state index contributed by atoms with van der Waals surface area (Å²) in [5.41, 5.74) is 0. The van der Waals surface area contributed by atoms with Gasteiger partial charge < -0.3 is 50.3 Å². The molecule has 0 aromatic carbocycles. The molecule has 0 aromatic rings. The van der Waals surface area contributed by atoms with Gasteiger partial charge in [0.1, 0.15) is 42.7 Å². The van der Waals surface area contributed by atoms with E-state index in [9.17, 15) is 30.6 Å². The molecule has 23 heavy (non-hydrogen) atoms. The minimum Gasteiger partial charge on any atom is -0.394 e. The highest BCUT2D eigenvalue weighted by molar-refractivity contribution is 4.91. The summed E-state index contributed by atoms with van der Waals surface area (Å²) in [6, 6.07) is 0. The summed E-state index contributed by atoms with van der Waals surface area (Å²) in [4.78, 5) is 0. The van der Waals surface area contributed by atoms with Gasteiger partial charge in [-0.05, 0) is 6.42 Å². The average molecular weight is 342 g/mol. The Labute approximate surface area is 133 Å². The Kier molecular flexibility index (Phi) is 8.24. The van der Waals surface area contributed by atoms with Gasteiger partial charge in [0.25, 0.3) is 0 Å². The number of hydrogen-bond donors (Lipinski definition) is 8. The summed E-state index contributed by atoms with van der Waals surface area (Å²) in [5, 5.41) is 76.8. The SMILES string of the molecule is CCC(O)[C@@H](O)[C@H](O[C@@H]1OC(CO)[C@@H](O)[C@H](O)C1O)C(O)CO. The highest BCUT2D eigenvalue weighted by Gasteiger charge is 2.46. The van der Waals surface area contributed by atoms with E-state index in [1.165, 1.54) is 0 Å². The molecule has 1 rings (SSSR count). The Balaban J connectivity index is 2.89. The van der Waals surface area contributed by atoms with Crippen LogP contribution in [0.5, 0.6) is 0 Å². The van der Waals surface area contributed by atoms with Crippen LogP contribution in [0, 0.1) is 0 Å². The number of aliphatic hydroxyl groups is 8. The normalized spacial score (nSPS) is 37.2. The second-order valence-corrected chi connectivity index (χ2v) is 5.51. The van der Waals surface area contributed by atoms with Crippen LogP contribution in [0.15, 0.2) is 0 Å². The molecule has 1 aliphatic rings. The predicted octanol–water partition coefficient (Wildman–Crippen LogP) is -4.34. The van der Waals surface area contributed by atoms with Crippen LogP contribution in [-0.2, 0) is 9.47 Å². The monoisotopic (exact) mass is 342 g/mol. The minimum absolute atomic E-state index is 0.133. The second kappa shape index (κ2) is 9.18. The molecule has 0 aliphatic carbocycles. The molecule has 4 unspecified atom stereocenters. The third-order valence-electron chi connectivity index (χ3n) is 3.86. The molecule has 0 bridgehead atoms. The van der Waals surface area contributed by atoms with E-state index in [-0.39, 0.29) is 6.42 Å². The van der Waals surface area contributed by atoms with Crippen molar-refractivity contribution >= 4 is 0 Å².